The molecule has 0 fully saturated rings. The maximum Gasteiger partial charge on any atom is 0.245 e. The number of amides is 1. The van der Waals surface area contributed by atoms with Crippen LogP contribution in [0.3, 0.4) is 0 Å². The van der Waals surface area contributed by atoms with Crippen molar-refractivity contribution in [2.75, 3.05) is 23.8 Å². The molecule has 1 N–H and O–H groups in total. The summed E-state index contributed by atoms with van der Waals surface area (Å²) >= 11 is 3.33. The van der Waals surface area contributed by atoms with E-state index < -0.39 is 0 Å². The van der Waals surface area contributed by atoms with Crippen molar-refractivity contribution in [1.29, 1.82) is 0 Å². The summed E-state index contributed by atoms with van der Waals surface area (Å²) in [6.07, 6.45) is 3.37. The summed E-state index contributed by atoms with van der Waals surface area (Å²) in [6.45, 7) is 2.17. The van der Waals surface area contributed by atoms with E-state index in [1.807, 2.05) is 38.2 Å². The van der Waals surface area contributed by atoms with Crippen molar-refractivity contribution in [2.45, 2.75) is 6.92 Å². The number of anilines is 2. The van der Waals surface area contributed by atoms with E-state index in [-0.39, 0.29) is 12.5 Å². The lowest BCUT2D eigenvalue weighted by atomic mass is 10.3. The minimum Gasteiger partial charge on any atom is -0.350 e. The zero-order valence-corrected chi connectivity index (χ0v) is 12.9. The molecule has 0 aliphatic carbocycles. The standard InChI is InChI=1S/C14H15BrN4O/c1-10-5-6-16-12(7-10)18-14(20)9-19(2)13-4-3-11(15)8-17-13/h3-8H,9H2,1-2H3,(H,16,18,20). The fraction of sp³-hybridized carbons (Fsp3) is 0.214. The molecule has 0 aliphatic heterocycles. The SMILES string of the molecule is Cc1ccnc(NC(=O)CN(C)c2ccc(Br)cn2)c1. The molecule has 0 unspecified atom stereocenters. The Labute approximate surface area is 126 Å². The maximum absolute atomic E-state index is 11.9. The summed E-state index contributed by atoms with van der Waals surface area (Å²) in [4.78, 5) is 22.1. The number of halogens is 1. The van der Waals surface area contributed by atoms with E-state index in [0.717, 1.165) is 15.9 Å². The predicted octanol–water partition coefficient (Wildman–Crippen LogP) is 2.62. The Kier molecular flexibility index (Phi) is 4.68. The Morgan fingerprint density at radius 2 is 2.15 bits per heavy atom. The number of carbonyl (C=O) groups excluding carboxylic acids is 1. The molecular weight excluding hydrogens is 320 g/mol. The molecule has 2 aromatic rings. The van der Waals surface area contributed by atoms with Gasteiger partial charge < -0.3 is 10.2 Å². The first-order valence-electron chi connectivity index (χ1n) is 6.10. The normalized spacial score (nSPS) is 10.2. The highest BCUT2D eigenvalue weighted by molar-refractivity contribution is 9.10. The second-order valence-corrected chi connectivity index (χ2v) is 5.37. The number of hydrogen-bond acceptors (Lipinski definition) is 4. The highest BCUT2D eigenvalue weighted by Gasteiger charge is 2.09. The van der Waals surface area contributed by atoms with Crippen molar-refractivity contribution >= 4 is 33.5 Å². The van der Waals surface area contributed by atoms with Crippen LogP contribution in [0, 0.1) is 6.92 Å². The van der Waals surface area contributed by atoms with Crippen molar-refractivity contribution in [1.82, 2.24) is 9.97 Å². The Hall–Kier alpha value is -1.95. The molecule has 0 bridgehead atoms. The van der Waals surface area contributed by atoms with Crippen LogP contribution in [0.25, 0.3) is 0 Å². The van der Waals surface area contributed by atoms with Crippen LogP contribution in [0.4, 0.5) is 11.6 Å². The van der Waals surface area contributed by atoms with Crippen LogP contribution in [0.5, 0.6) is 0 Å². The number of pyridine rings is 2. The Morgan fingerprint density at radius 1 is 1.35 bits per heavy atom. The van der Waals surface area contributed by atoms with Gasteiger partial charge in [0.05, 0.1) is 6.54 Å². The number of aromatic nitrogens is 2. The number of nitrogens with one attached hydrogen (secondary N) is 1. The summed E-state index contributed by atoms with van der Waals surface area (Å²) < 4.78 is 0.906. The third-order valence-corrected chi connectivity index (χ3v) is 3.14. The molecule has 0 saturated heterocycles. The predicted molar refractivity (Wildman–Crippen MR) is 82.8 cm³/mol. The van der Waals surface area contributed by atoms with Gasteiger partial charge in [-0.15, -0.1) is 0 Å². The molecule has 1 amide bonds. The molecule has 0 atom stereocenters. The second kappa shape index (κ2) is 6.47. The third-order valence-electron chi connectivity index (χ3n) is 2.67. The van der Waals surface area contributed by atoms with Crippen molar-refractivity contribution in [3.8, 4) is 0 Å². The van der Waals surface area contributed by atoms with Crippen LogP contribution in [0.1, 0.15) is 5.56 Å². The van der Waals surface area contributed by atoms with Crippen LogP contribution in [0.15, 0.2) is 41.1 Å². The van der Waals surface area contributed by atoms with Gasteiger partial charge in [-0.3, -0.25) is 4.79 Å². The molecule has 0 aromatic carbocycles. The largest absolute Gasteiger partial charge is 0.350 e. The number of rotatable bonds is 4. The summed E-state index contributed by atoms with van der Waals surface area (Å²) in [5, 5.41) is 2.77. The molecule has 0 saturated carbocycles. The first kappa shape index (κ1) is 14.5. The first-order chi connectivity index (χ1) is 9.54. The van der Waals surface area contributed by atoms with Gasteiger partial charge in [0.15, 0.2) is 0 Å². The molecule has 104 valence electrons. The lowest BCUT2D eigenvalue weighted by Crippen LogP contribution is -2.30. The average Bonchev–Trinajstić information content (AvgIpc) is 2.39. The Balaban J connectivity index is 1.95. The van der Waals surface area contributed by atoms with Gasteiger partial charge in [-0.1, -0.05) is 0 Å². The zero-order valence-electron chi connectivity index (χ0n) is 11.3. The average molecular weight is 335 g/mol. The molecule has 2 rings (SSSR count). The zero-order chi connectivity index (χ0) is 14.5. The number of nitrogens with zero attached hydrogens (tertiary/aromatic N) is 3. The van der Waals surface area contributed by atoms with E-state index >= 15 is 0 Å². The molecule has 0 aliphatic rings. The van der Waals surface area contributed by atoms with Gasteiger partial charge in [0.2, 0.25) is 5.91 Å². The molecule has 5 nitrogen and oxygen atoms in total. The van der Waals surface area contributed by atoms with E-state index in [9.17, 15) is 4.79 Å². The Morgan fingerprint density at radius 3 is 2.80 bits per heavy atom. The van der Waals surface area contributed by atoms with Gasteiger partial charge in [-0.2, -0.15) is 0 Å². The van der Waals surface area contributed by atoms with Gasteiger partial charge >= 0.3 is 0 Å². The lowest BCUT2D eigenvalue weighted by Gasteiger charge is -2.17. The molecule has 0 spiro atoms. The minimum absolute atomic E-state index is 0.129. The number of hydrogen-bond donors (Lipinski definition) is 1. The van der Waals surface area contributed by atoms with Gasteiger partial charge in [0.25, 0.3) is 0 Å². The highest BCUT2D eigenvalue weighted by atomic mass is 79.9. The number of aryl methyl sites for hydroxylation is 1. The summed E-state index contributed by atoms with van der Waals surface area (Å²) in [6, 6.07) is 7.45. The van der Waals surface area contributed by atoms with E-state index in [1.165, 1.54) is 0 Å². The monoisotopic (exact) mass is 334 g/mol. The third kappa shape index (κ3) is 4.03. The molecule has 20 heavy (non-hydrogen) atoms. The maximum atomic E-state index is 11.9. The molecule has 0 radical (unpaired) electrons. The first-order valence-corrected chi connectivity index (χ1v) is 6.89. The van der Waals surface area contributed by atoms with Crippen LogP contribution in [0.2, 0.25) is 0 Å². The Bertz CT molecular complexity index is 600. The van der Waals surface area contributed by atoms with Crippen molar-refractivity contribution in [2.24, 2.45) is 0 Å². The number of carbonyl (C=O) groups is 1. The van der Waals surface area contributed by atoms with Gasteiger partial charge in [0.1, 0.15) is 11.6 Å². The fourth-order valence-corrected chi connectivity index (χ4v) is 1.91. The van der Waals surface area contributed by atoms with Crippen LogP contribution >= 0.6 is 15.9 Å². The smallest absolute Gasteiger partial charge is 0.245 e. The van der Waals surface area contributed by atoms with Gasteiger partial charge in [0, 0.05) is 23.9 Å². The van der Waals surface area contributed by atoms with Crippen LogP contribution in [-0.2, 0) is 4.79 Å². The molecule has 6 heteroatoms. The van der Waals surface area contributed by atoms with Crippen molar-refractivity contribution < 1.29 is 4.79 Å². The lowest BCUT2D eigenvalue weighted by molar-refractivity contribution is -0.114. The van der Waals surface area contributed by atoms with Gasteiger partial charge in [-0.05, 0) is 52.7 Å². The van der Waals surface area contributed by atoms with Crippen molar-refractivity contribution in [3.63, 3.8) is 0 Å². The fourth-order valence-electron chi connectivity index (χ4n) is 1.68. The van der Waals surface area contributed by atoms with Crippen LogP contribution in [-0.4, -0.2) is 29.5 Å². The second-order valence-electron chi connectivity index (χ2n) is 4.46. The summed E-state index contributed by atoms with van der Waals surface area (Å²) in [5.41, 5.74) is 1.05. The minimum atomic E-state index is -0.129. The molecule has 2 heterocycles. The van der Waals surface area contributed by atoms with Crippen molar-refractivity contribution in [3.05, 3.63) is 46.7 Å². The van der Waals surface area contributed by atoms with Crippen LogP contribution < -0.4 is 10.2 Å². The van der Waals surface area contributed by atoms with E-state index in [1.54, 1.807) is 17.3 Å². The quantitative estimate of drug-likeness (QED) is 0.933. The summed E-state index contributed by atoms with van der Waals surface area (Å²) in [5.74, 6) is 1.17. The summed E-state index contributed by atoms with van der Waals surface area (Å²) in [7, 11) is 1.82. The van der Waals surface area contributed by atoms with E-state index in [4.69, 9.17) is 0 Å². The van der Waals surface area contributed by atoms with E-state index in [2.05, 4.69) is 31.2 Å². The number of likely N-dealkylation sites (N-methyl/N-ethyl adjacent to an activating group) is 1. The highest BCUT2D eigenvalue weighted by Crippen LogP contribution is 2.13. The van der Waals surface area contributed by atoms with Gasteiger partial charge in [-0.25, -0.2) is 9.97 Å². The van der Waals surface area contributed by atoms with E-state index in [0.29, 0.717) is 5.82 Å². The topological polar surface area (TPSA) is 58.1 Å². The molecule has 2 aromatic heterocycles. The molecular formula is C14H15BrN4O.